The summed E-state index contributed by atoms with van der Waals surface area (Å²) in [5.41, 5.74) is 0.606. The van der Waals surface area contributed by atoms with Crippen LogP contribution in [0.4, 0.5) is 8.78 Å². The van der Waals surface area contributed by atoms with Gasteiger partial charge in [-0.05, 0) is 43.5 Å². The smallest absolute Gasteiger partial charge is 0.235 e. The van der Waals surface area contributed by atoms with Crippen molar-refractivity contribution in [1.29, 1.82) is 0 Å². The summed E-state index contributed by atoms with van der Waals surface area (Å²) in [5, 5.41) is 5.52. The third-order valence-corrected chi connectivity index (χ3v) is 7.49. The van der Waals surface area contributed by atoms with Gasteiger partial charge in [0.2, 0.25) is 5.91 Å². The number of rotatable bonds is 5. The van der Waals surface area contributed by atoms with Crippen LogP contribution in [-0.4, -0.2) is 44.5 Å². The van der Waals surface area contributed by atoms with E-state index >= 15 is 0 Å². The first kappa shape index (κ1) is 22.0. The van der Waals surface area contributed by atoms with Gasteiger partial charge in [0.25, 0.3) is 0 Å². The molecule has 27 heavy (non-hydrogen) atoms. The number of benzene rings is 1. The van der Waals surface area contributed by atoms with Crippen LogP contribution in [-0.2, 0) is 14.6 Å². The fourth-order valence-electron chi connectivity index (χ4n) is 3.95. The molecule has 1 amide bonds. The van der Waals surface area contributed by atoms with Crippen molar-refractivity contribution in [3.8, 4) is 0 Å². The van der Waals surface area contributed by atoms with Crippen LogP contribution in [0, 0.1) is 11.6 Å². The molecule has 1 aromatic rings. The molecule has 0 aromatic heterocycles. The van der Waals surface area contributed by atoms with E-state index in [1.165, 1.54) is 6.07 Å². The van der Waals surface area contributed by atoms with Gasteiger partial charge in [-0.1, -0.05) is 18.9 Å². The van der Waals surface area contributed by atoms with E-state index in [1.54, 1.807) is 0 Å². The summed E-state index contributed by atoms with van der Waals surface area (Å²) in [6.45, 7) is 1.15. The van der Waals surface area contributed by atoms with Gasteiger partial charge in [0.1, 0.15) is 5.75 Å². The molecule has 2 atom stereocenters. The minimum absolute atomic E-state index is 0. The zero-order valence-corrected chi connectivity index (χ0v) is 16.6. The summed E-state index contributed by atoms with van der Waals surface area (Å²) in [6.07, 6.45) is 3.66. The van der Waals surface area contributed by atoms with Crippen LogP contribution in [0.2, 0.25) is 0 Å². The summed E-state index contributed by atoms with van der Waals surface area (Å²) in [4.78, 5) is 12.3. The van der Waals surface area contributed by atoms with Gasteiger partial charge in [-0.2, -0.15) is 0 Å². The van der Waals surface area contributed by atoms with Gasteiger partial charge in [0, 0.05) is 18.5 Å². The van der Waals surface area contributed by atoms with E-state index in [1.807, 2.05) is 0 Å². The molecule has 1 heterocycles. The molecule has 9 heteroatoms. The highest BCUT2D eigenvalue weighted by molar-refractivity contribution is 7.92. The minimum Gasteiger partial charge on any atom is -0.351 e. The number of nitrogens with one attached hydrogen (secondary N) is 2. The molecule has 5 nitrogen and oxygen atoms in total. The van der Waals surface area contributed by atoms with Crippen molar-refractivity contribution in [2.45, 2.75) is 49.3 Å². The number of hydrogen-bond donors (Lipinski definition) is 2. The normalized spacial score (nSPS) is 23.6. The Morgan fingerprint density at radius 3 is 2.52 bits per heavy atom. The van der Waals surface area contributed by atoms with Crippen molar-refractivity contribution in [2.24, 2.45) is 0 Å². The molecular formula is C18H25ClF2N2O3S. The molecule has 0 bridgehead atoms. The lowest BCUT2D eigenvalue weighted by molar-refractivity contribution is -0.119. The van der Waals surface area contributed by atoms with Gasteiger partial charge in [-0.15, -0.1) is 12.4 Å². The molecule has 0 spiro atoms. The number of carbonyl (C=O) groups excluding carboxylic acids is 1. The first-order valence-electron chi connectivity index (χ1n) is 9.03. The minimum atomic E-state index is -3.45. The standard InChI is InChI=1S/C18H24F2N2O3S.ClH/c19-15-6-5-12(9-16(15)20)14-7-8-21-10-17(14)22-18(23)11-26(24,25)13-3-1-2-4-13;/h5-6,9,13-14,17,21H,1-4,7-8,10-11H2,(H,22,23);1H. The molecule has 1 saturated carbocycles. The van der Waals surface area contributed by atoms with E-state index in [0.717, 1.165) is 25.0 Å². The zero-order chi connectivity index (χ0) is 18.7. The topological polar surface area (TPSA) is 75.3 Å². The molecule has 1 aliphatic heterocycles. The highest BCUT2D eigenvalue weighted by atomic mass is 35.5. The molecule has 1 saturated heterocycles. The van der Waals surface area contributed by atoms with E-state index in [4.69, 9.17) is 0 Å². The van der Waals surface area contributed by atoms with Gasteiger partial charge in [-0.3, -0.25) is 4.79 Å². The lowest BCUT2D eigenvalue weighted by Crippen LogP contribution is -2.51. The maximum Gasteiger partial charge on any atom is 0.235 e. The molecule has 152 valence electrons. The van der Waals surface area contributed by atoms with Crippen LogP contribution in [0.5, 0.6) is 0 Å². The monoisotopic (exact) mass is 422 g/mol. The Kier molecular flexibility index (Phi) is 7.59. The predicted octanol–water partition coefficient (Wildman–Crippen LogP) is 2.31. The number of halogens is 3. The second-order valence-electron chi connectivity index (χ2n) is 7.16. The Morgan fingerprint density at radius 1 is 1.15 bits per heavy atom. The van der Waals surface area contributed by atoms with Gasteiger partial charge in [-0.25, -0.2) is 17.2 Å². The van der Waals surface area contributed by atoms with Gasteiger partial charge in [0.15, 0.2) is 21.5 Å². The average Bonchev–Trinajstić information content (AvgIpc) is 3.13. The Hall–Kier alpha value is -1.25. The number of piperidine rings is 1. The maximum atomic E-state index is 13.6. The Balaban J connectivity index is 0.00000261. The highest BCUT2D eigenvalue weighted by Gasteiger charge is 2.33. The fraction of sp³-hybridized carbons (Fsp3) is 0.611. The van der Waals surface area contributed by atoms with Crippen molar-refractivity contribution in [1.82, 2.24) is 10.6 Å². The largest absolute Gasteiger partial charge is 0.351 e. The van der Waals surface area contributed by atoms with E-state index in [2.05, 4.69) is 10.6 Å². The second-order valence-corrected chi connectivity index (χ2v) is 9.44. The van der Waals surface area contributed by atoms with Gasteiger partial charge < -0.3 is 10.6 Å². The van der Waals surface area contributed by atoms with Crippen LogP contribution in [0.25, 0.3) is 0 Å². The van der Waals surface area contributed by atoms with Gasteiger partial charge in [0.05, 0.1) is 5.25 Å². The van der Waals surface area contributed by atoms with E-state index < -0.39 is 38.4 Å². The number of amides is 1. The van der Waals surface area contributed by atoms with Crippen molar-refractivity contribution < 1.29 is 22.0 Å². The first-order valence-corrected chi connectivity index (χ1v) is 10.7. The molecule has 0 radical (unpaired) electrons. The molecular weight excluding hydrogens is 398 g/mol. The number of hydrogen-bond acceptors (Lipinski definition) is 4. The van der Waals surface area contributed by atoms with Crippen molar-refractivity contribution in [3.05, 3.63) is 35.4 Å². The van der Waals surface area contributed by atoms with Crippen LogP contribution in [0.3, 0.4) is 0 Å². The van der Waals surface area contributed by atoms with Crippen LogP contribution < -0.4 is 10.6 Å². The molecule has 2 unspecified atom stereocenters. The lowest BCUT2D eigenvalue weighted by Gasteiger charge is -2.33. The molecule has 1 aromatic carbocycles. The van der Waals surface area contributed by atoms with Crippen LogP contribution >= 0.6 is 12.4 Å². The zero-order valence-electron chi connectivity index (χ0n) is 14.9. The fourth-order valence-corrected chi connectivity index (χ4v) is 5.68. The third kappa shape index (κ3) is 5.39. The lowest BCUT2D eigenvalue weighted by atomic mass is 9.86. The van der Waals surface area contributed by atoms with Crippen molar-refractivity contribution in [2.75, 3.05) is 18.8 Å². The summed E-state index contributed by atoms with van der Waals surface area (Å²) in [5.74, 6) is -3.07. The average molecular weight is 423 g/mol. The Morgan fingerprint density at radius 2 is 1.85 bits per heavy atom. The van der Waals surface area contributed by atoms with E-state index in [0.29, 0.717) is 37.9 Å². The number of sulfone groups is 1. The first-order chi connectivity index (χ1) is 12.4. The van der Waals surface area contributed by atoms with Gasteiger partial charge >= 0.3 is 0 Å². The SMILES string of the molecule is Cl.O=C(CS(=O)(=O)C1CCCC1)NC1CNCCC1c1ccc(F)c(F)c1. The second kappa shape index (κ2) is 9.30. The predicted molar refractivity (Wildman–Crippen MR) is 102 cm³/mol. The van der Waals surface area contributed by atoms with E-state index in [-0.39, 0.29) is 24.4 Å². The molecule has 2 N–H and O–H groups in total. The van der Waals surface area contributed by atoms with Crippen molar-refractivity contribution >= 4 is 28.2 Å². The quantitative estimate of drug-likeness (QED) is 0.763. The highest BCUT2D eigenvalue weighted by Crippen LogP contribution is 2.28. The van der Waals surface area contributed by atoms with Crippen molar-refractivity contribution in [3.63, 3.8) is 0 Å². The molecule has 2 aliphatic rings. The van der Waals surface area contributed by atoms with Crippen LogP contribution in [0.1, 0.15) is 43.6 Å². The molecule has 2 fully saturated rings. The third-order valence-electron chi connectivity index (χ3n) is 5.34. The summed E-state index contributed by atoms with van der Waals surface area (Å²) in [7, 11) is -3.45. The van der Waals surface area contributed by atoms with Crippen LogP contribution in [0.15, 0.2) is 18.2 Å². The summed E-state index contributed by atoms with van der Waals surface area (Å²) < 4.78 is 51.4. The summed E-state index contributed by atoms with van der Waals surface area (Å²) in [6, 6.07) is 3.39. The van der Waals surface area contributed by atoms with E-state index in [9.17, 15) is 22.0 Å². The molecule has 1 aliphatic carbocycles. The summed E-state index contributed by atoms with van der Waals surface area (Å²) >= 11 is 0. The number of carbonyl (C=O) groups is 1. The molecule has 3 rings (SSSR count). The maximum absolute atomic E-state index is 13.6. The Labute approximate surface area is 164 Å². The Bertz CT molecular complexity index is 770.